The van der Waals surface area contributed by atoms with Crippen molar-refractivity contribution in [1.82, 2.24) is 9.97 Å². The van der Waals surface area contributed by atoms with Crippen LogP contribution < -0.4 is 0 Å². The maximum atomic E-state index is 13.3. The summed E-state index contributed by atoms with van der Waals surface area (Å²) in [5.41, 5.74) is 1.60. The third-order valence-corrected chi connectivity index (χ3v) is 5.26. The van der Waals surface area contributed by atoms with Crippen LogP contribution in [0.15, 0.2) is 42.7 Å². The van der Waals surface area contributed by atoms with E-state index < -0.39 is 11.6 Å². The van der Waals surface area contributed by atoms with Gasteiger partial charge in [0.25, 0.3) is 0 Å². The van der Waals surface area contributed by atoms with Gasteiger partial charge in [-0.15, -0.1) is 0 Å². The van der Waals surface area contributed by atoms with Crippen molar-refractivity contribution in [1.29, 1.82) is 0 Å². The van der Waals surface area contributed by atoms with Gasteiger partial charge in [-0.1, -0.05) is 19.1 Å². The fraction of sp³-hybridized carbons (Fsp3) is 0.455. The summed E-state index contributed by atoms with van der Waals surface area (Å²) in [5, 5.41) is 0. The molecule has 0 aliphatic heterocycles. The lowest BCUT2D eigenvalue weighted by Gasteiger charge is -2.26. The van der Waals surface area contributed by atoms with Crippen molar-refractivity contribution in [2.24, 2.45) is 11.8 Å². The second-order valence-electron chi connectivity index (χ2n) is 7.20. The van der Waals surface area contributed by atoms with Gasteiger partial charge in [-0.3, -0.25) is 0 Å². The van der Waals surface area contributed by atoms with Crippen LogP contribution in [0.4, 0.5) is 8.78 Å². The molecule has 2 aromatic rings. The van der Waals surface area contributed by atoms with Gasteiger partial charge in [-0.05, 0) is 80.5 Å². The van der Waals surface area contributed by atoms with Crippen LogP contribution in [-0.4, -0.2) is 9.97 Å². The predicted octanol–water partition coefficient (Wildman–Crippen LogP) is 6.13. The zero-order valence-electron chi connectivity index (χ0n) is 15.3. The minimum Gasteiger partial charge on any atom is -0.236 e. The van der Waals surface area contributed by atoms with Gasteiger partial charge in [0.2, 0.25) is 0 Å². The van der Waals surface area contributed by atoms with Crippen LogP contribution in [0, 0.1) is 23.5 Å². The van der Waals surface area contributed by atoms with Gasteiger partial charge in [0.05, 0.1) is 0 Å². The molecule has 0 atom stereocenters. The molecule has 4 heteroatoms. The van der Waals surface area contributed by atoms with Gasteiger partial charge in [0, 0.05) is 18.0 Å². The number of aromatic nitrogens is 2. The Bertz CT molecular complexity index is 732. The van der Waals surface area contributed by atoms with Crippen molar-refractivity contribution in [3.63, 3.8) is 0 Å². The molecule has 0 radical (unpaired) electrons. The van der Waals surface area contributed by atoms with E-state index in [1.54, 1.807) is 12.4 Å². The number of hydrogen-bond donors (Lipinski definition) is 0. The van der Waals surface area contributed by atoms with Gasteiger partial charge >= 0.3 is 0 Å². The largest absolute Gasteiger partial charge is 0.236 e. The minimum atomic E-state index is -0.875. The first kappa shape index (κ1) is 18.7. The predicted molar refractivity (Wildman–Crippen MR) is 101 cm³/mol. The Kier molecular flexibility index (Phi) is 6.48. The van der Waals surface area contributed by atoms with Crippen LogP contribution in [-0.2, 0) is 6.42 Å². The normalized spacial score (nSPS) is 20.6. The lowest BCUT2D eigenvalue weighted by atomic mass is 9.79. The van der Waals surface area contributed by atoms with E-state index in [4.69, 9.17) is 0 Å². The number of rotatable bonds is 6. The third kappa shape index (κ3) is 4.96. The highest BCUT2D eigenvalue weighted by Crippen LogP contribution is 2.32. The first-order valence-corrected chi connectivity index (χ1v) is 9.58. The number of halogens is 2. The van der Waals surface area contributed by atoms with E-state index >= 15 is 0 Å². The number of hydrogen-bond acceptors (Lipinski definition) is 2. The Labute approximate surface area is 154 Å². The van der Waals surface area contributed by atoms with Crippen LogP contribution >= 0.6 is 0 Å². The van der Waals surface area contributed by atoms with Crippen molar-refractivity contribution >= 4 is 0 Å². The Balaban J connectivity index is 1.50. The van der Waals surface area contributed by atoms with Crippen LogP contribution in [0.2, 0.25) is 0 Å². The third-order valence-electron chi connectivity index (χ3n) is 5.26. The average Bonchev–Trinajstić information content (AvgIpc) is 2.68. The molecule has 1 aromatic carbocycles. The molecule has 1 heterocycles. The molecule has 138 valence electrons. The summed E-state index contributed by atoms with van der Waals surface area (Å²) >= 11 is 0. The summed E-state index contributed by atoms with van der Waals surface area (Å²) in [7, 11) is 0. The summed E-state index contributed by atoms with van der Waals surface area (Å²) in [5.74, 6) is 0.248. The molecule has 3 rings (SSSR count). The van der Waals surface area contributed by atoms with Gasteiger partial charge < -0.3 is 0 Å². The lowest BCUT2D eigenvalue weighted by molar-refractivity contribution is 0.296. The molecule has 0 unspecified atom stereocenters. The van der Waals surface area contributed by atoms with Crippen LogP contribution in [0.1, 0.15) is 51.0 Å². The SMILES string of the molecule is CC/C=C/C1CCC(CCc2cnc(-c3ccc(F)c(F)c3)nc2)CC1. The Hall–Kier alpha value is -2.10. The quantitative estimate of drug-likeness (QED) is 0.582. The number of aryl methyl sites for hydroxylation is 1. The van der Waals surface area contributed by atoms with Crippen LogP contribution in [0.5, 0.6) is 0 Å². The Morgan fingerprint density at radius 3 is 2.42 bits per heavy atom. The highest BCUT2D eigenvalue weighted by molar-refractivity contribution is 5.54. The van der Waals surface area contributed by atoms with E-state index in [2.05, 4.69) is 29.0 Å². The molecule has 0 N–H and O–H groups in total. The minimum absolute atomic E-state index is 0.427. The molecule has 1 aromatic heterocycles. The second kappa shape index (κ2) is 9.02. The highest BCUT2D eigenvalue weighted by Gasteiger charge is 2.19. The van der Waals surface area contributed by atoms with Gasteiger partial charge in [0.15, 0.2) is 17.5 Å². The molecule has 0 spiro atoms. The van der Waals surface area contributed by atoms with E-state index in [1.165, 1.54) is 31.7 Å². The fourth-order valence-corrected chi connectivity index (χ4v) is 3.64. The van der Waals surface area contributed by atoms with Crippen molar-refractivity contribution in [3.8, 4) is 11.4 Å². The maximum absolute atomic E-state index is 13.3. The van der Waals surface area contributed by atoms with E-state index in [0.717, 1.165) is 48.8 Å². The number of allylic oxidation sites excluding steroid dienone is 2. The van der Waals surface area contributed by atoms with E-state index in [0.29, 0.717) is 11.4 Å². The summed E-state index contributed by atoms with van der Waals surface area (Å²) in [6.07, 6.45) is 16.7. The van der Waals surface area contributed by atoms with E-state index in [9.17, 15) is 8.78 Å². The highest BCUT2D eigenvalue weighted by atomic mass is 19.2. The maximum Gasteiger partial charge on any atom is 0.159 e. The van der Waals surface area contributed by atoms with Crippen molar-refractivity contribution in [2.45, 2.75) is 51.9 Å². The Morgan fingerprint density at radius 2 is 1.77 bits per heavy atom. The monoisotopic (exact) mass is 356 g/mol. The summed E-state index contributed by atoms with van der Waals surface area (Å²) < 4.78 is 26.4. The molecule has 26 heavy (non-hydrogen) atoms. The van der Waals surface area contributed by atoms with Crippen LogP contribution in [0.25, 0.3) is 11.4 Å². The molecule has 1 saturated carbocycles. The first-order valence-electron chi connectivity index (χ1n) is 9.58. The number of benzene rings is 1. The van der Waals surface area contributed by atoms with Gasteiger partial charge in [-0.25, -0.2) is 18.7 Å². The molecule has 0 amide bonds. The van der Waals surface area contributed by atoms with E-state index in [-0.39, 0.29) is 0 Å². The van der Waals surface area contributed by atoms with Crippen molar-refractivity contribution in [3.05, 3.63) is 59.9 Å². The van der Waals surface area contributed by atoms with Gasteiger partial charge in [-0.2, -0.15) is 0 Å². The Morgan fingerprint density at radius 1 is 1.04 bits per heavy atom. The lowest BCUT2D eigenvalue weighted by Crippen LogP contribution is -2.13. The second-order valence-corrected chi connectivity index (χ2v) is 7.20. The zero-order valence-corrected chi connectivity index (χ0v) is 15.3. The topological polar surface area (TPSA) is 25.8 Å². The molecule has 1 fully saturated rings. The smallest absolute Gasteiger partial charge is 0.159 e. The number of nitrogens with zero attached hydrogens (tertiary/aromatic N) is 2. The summed E-state index contributed by atoms with van der Waals surface area (Å²) in [4.78, 5) is 8.64. The molecular weight excluding hydrogens is 330 g/mol. The molecule has 1 aliphatic carbocycles. The molecule has 1 aliphatic rings. The standard InChI is InChI=1S/C22H26F2N2/c1-2-3-4-16-5-7-17(8-6-16)9-10-18-14-25-22(26-15-18)19-11-12-20(23)21(24)13-19/h3-4,11-17H,2,5-10H2,1H3/b4-3+. The zero-order chi connectivity index (χ0) is 18.4. The van der Waals surface area contributed by atoms with E-state index in [1.807, 2.05) is 0 Å². The summed E-state index contributed by atoms with van der Waals surface area (Å²) in [6, 6.07) is 3.74. The molecular formula is C22H26F2N2. The van der Waals surface area contributed by atoms with Crippen molar-refractivity contribution < 1.29 is 8.78 Å². The van der Waals surface area contributed by atoms with Gasteiger partial charge in [0.1, 0.15) is 0 Å². The fourth-order valence-electron chi connectivity index (χ4n) is 3.64. The molecule has 2 nitrogen and oxygen atoms in total. The molecule has 0 bridgehead atoms. The average molecular weight is 356 g/mol. The first-order chi connectivity index (χ1) is 12.7. The molecule has 0 saturated heterocycles. The van der Waals surface area contributed by atoms with Crippen LogP contribution in [0.3, 0.4) is 0 Å². The van der Waals surface area contributed by atoms with Crippen molar-refractivity contribution in [2.75, 3.05) is 0 Å². The summed E-state index contributed by atoms with van der Waals surface area (Å²) in [6.45, 7) is 2.18.